The van der Waals surface area contributed by atoms with E-state index in [9.17, 15) is 14.7 Å². The first-order valence-corrected chi connectivity index (χ1v) is 6.38. The Morgan fingerprint density at radius 3 is 2.56 bits per heavy atom. The molecule has 2 unspecified atom stereocenters. The number of aliphatic hydroxyl groups excluding tert-OH is 1. The minimum absolute atomic E-state index is 0.267. The molecule has 0 aromatic rings. The second-order valence-electron chi connectivity index (χ2n) is 5.46. The predicted octanol–water partition coefficient (Wildman–Crippen LogP) is 0.164. The van der Waals surface area contributed by atoms with E-state index in [-0.39, 0.29) is 5.54 Å². The zero-order chi connectivity index (χ0) is 13.3. The maximum absolute atomic E-state index is 12.1. The molecule has 18 heavy (non-hydrogen) atoms. The normalized spacial score (nSPS) is 32.1. The molecule has 2 N–H and O–H groups in total. The quantitative estimate of drug-likeness (QED) is 0.688. The van der Waals surface area contributed by atoms with Crippen molar-refractivity contribution in [2.75, 3.05) is 7.05 Å². The third-order valence-electron chi connectivity index (χ3n) is 3.82. The Bertz CT molecular complexity index is 352. The van der Waals surface area contributed by atoms with E-state index in [1.807, 2.05) is 6.92 Å². The maximum atomic E-state index is 12.1. The van der Waals surface area contributed by atoms with Crippen molar-refractivity contribution < 1.29 is 19.5 Å². The van der Waals surface area contributed by atoms with Crippen LogP contribution in [0.15, 0.2) is 0 Å². The van der Waals surface area contributed by atoms with Crippen molar-refractivity contribution in [1.29, 1.82) is 0 Å². The third-order valence-corrected chi connectivity index (χ3v) is 3.82. The molecule has 6 heteroatoms. The molecule has 2 fully saturated rings. The van der Waals surface area contributed by atoms with Gasteiger partial charge in [0.1, 0.15) is 0 Å². The summed E-state index contributed by atoms with van der Waals surface area (Å²) in [5, 5.41) is 13.6. The topological polar surface area (TPSA) is 78.9 Å². The fraction of sp³-hybridized carbons (Fsp3) is 0.833. The predicted molar refractivity (Wildman–Crippen MR) is 63.0 cm³/mol. The van der Waals surface area contributed by atoms with E-state index >= 15 is 0 Å². The second kappa shape index (κ2) is 4.85. The summed E-state index contributed by atoms with van der Waals surface area (Å²) in [4.78, 5) is 28.3. The number of aliphatic hydroxyl groups is 1. The van der Waals surface area contributed by atoms with E-state index in [1.54, 1.807) is 0 Å². The molecule has 1 heterocycles. The standard InChI is InChI=1S/C12H20N2O4/c1-12(6-4-3-5-7-12)13-9(15)8-10(16)14(2)18-11(8)17/h8,10,16H,3-7H2,1-2H3,(H,13,15). The fourth-order valence-electron chi connectivity index (χ4n) is 2.66. The molecule has 1 aliphatic carbocycles. The highest BCUT2D eigenvalue weighted by atomic mass is 16.7. The Morgan fingerprint density at radius 2 is 2.06 bits per heavy atom. The van der Waals surface area contributed by atoms with E-state index in [2.05, 4.69) is 5.32 Å². The molecular weight excluding hydrogens is 236 g/mol. The number of hydroxylamine groups is 2. The van der Waals surface area contributed by atoms with Gasteiger partial charge in [-0.15, -0.1) is 5.06 Å². The molecule has 1 saturated carbocycles. The Kier molecular flexibility index (Phi) is 3.59. The van der Waals surface area contributed by atoms with Crippen molar-refractivity contribution in [2.45, 2.75) is 50.8 Å². The maximum Gasteiger partial charge on any atom is 0.341 e. The Labute approximate surface area is 106 Å². The Balaban J connectivity index is 2.01. The van der Waals surface area contributed by atoms with Gasteiger partial charge in [0.2, 0.25) is 5.91 Å². The third kappa shape index (κ3) is 2.49. The van der Waals surface area contributed by atoms with E-state index in [4.69, 9.17) is 4.84 Å². The van der Waals surface area contributed by atoms with Crippen LogP contribution < -0.4 is 5.32 Å². The summed E-state index contributed by atoms with van der Waals surface area (Å²) in [5.41, 5.74) is -0.267. The molecule has 1 saturated heterocycles. The van der Waals surface area contributed by atoms with Crippen LogP contribution in [0.3, 0.4) is 0 Å². The van der Waals surface area contributed by atoms with Gasteiger partial charge in [0.05, 0.1) is 0 Å². The molecule has 0 spiro atoms. The van der Waals surface area contributed by atoms with Crippen LogP contribution in [0.5, 0.6) is 0 Å². The van der Waals surface area contributed by atoms with Crippen LogP contribution in [0.4, 0.5) is 0 Å². The van der Waals surface area contributed by atoms with Crippen LogP contribution in [-0.2, 0) is 14.4 Å². The van der Waals surface area contributed by atoms with Crippen LogP contribution >= 0.6 is 0 Å². The van der Waals surface area contributed by atoms with Crippen LogP contribution in [0.2, 0.25) is 0 Å². The van der Waals surface area contributed by atoms with Gasteiger partial charge in [0, 0.05) is 12.6 Å². The Morgan fingerprint density at radius 1 is 1.44 bits per heavy atom. The number of hydrogen-bond acceptors (Lipinski definition) is 5. The van der Waals surface area contributed by atoms with Crippen LogP contribution in [0.25, 0.3) is 0 Å². The van der Waals surface area contributed by atoms with Gasteiger partial charge in [0.25, 0.3) is 0 Å². The number of rotatable bonds is 2. The van der Waals surface area contributed by atoms with Crippen LogP contribution in [-0.4, -0.2) is 40.9 Å². The van der Waals surface area contributed by atoms with Gasteiger partial charge in [-0.1, -0.05) is 19.3 Å². The highest BCUT2D eigenvalue weighted by Gasteiger charge is 2.47. The van der Waals surface area contributed by atoms with E-state index in [1.165, 1.54) is 13.5 Å². The molecule has 102 valence electrons. The monoisotopic (exact) mass is 256 g/mol. The molecule has 0 aromatic heterocycles. The Hall–Kier alpha value is -1.14. The minimum Gasteiger partial charge on any atom is -0.374 e. The molecule has 2 rings (SSSR count). The van der Waals surface area contributed by atoms with Crippen molar-refractivity contribution in [3.05, 3.63) is 0 Å². The van der Waals surface area contributed by atoms with Gasteiger partial charge < -0.3 is 15.3 Å². The van der Waals surface area contributed by atoms with Crippen molar-refractivity contribution in [3.63, 3.8) is 0 Å². The average Bonchev–Trinajstić information content (AvgIpc) is 2.53. The smallest absolute Gasteiger partial charge is 0.341 e. The number of carbonyl (C=O) groups excluding carboxylic acids is 2. The zero-order valence-corrected chi connectivity index (χ0v) is 10.8. The van der Waals surface area contributed by atoms with Crippen molar-refractivity contribution in [3.8, 4) is 0 Å². The second-order valence-corrected chi connectivity index (χ2v) is 5.46. The summed E-state index contributed by atoms with van der Waals surface area (Å²) in [5.74, 6) is -2.28. The molecule has 6 nitrogen and oxygen atoms in total. The summed E-state index contributed by atoms with van der Waals surface area (Å²) in [6.45, 7) is 1.99. The molecule has 1 aliphatic heterocycles. The van der Waals surface area contributed by atoms with Gasteiger partial charge in [-0.25, -0.2) is 4.79 Å². The summed E-state index contributed by atoms with van der Waals surface area (Å²) in [7, 11) is 1.43. The van der Waals surface area contributed by atoms with Crippen molar-refractivity contribution in [1.82, 2.24) is 10.4 Å². The van der Waals surface area contributed by atoms with Crippen LogP contribution in [0.1, 0.15) is 39.0 Å². The highest BCUT2D eigenvalue weighted by Crippen LogP contribution is 2.29. The number of carbonyl (C=O) groups is 2. The molecule has 0 aromatic carbocycles. The first kappa shape index (κ1) is 13.3. The SMILES string of the molecule is CN1OC(=O)C(C(=O)NC2(C)CCCCC2)C1O. The van der Waals surface area contributed by atoms with E-state index in [0.29, 0.717) is 0 Å². The number of nitrogens with zero attached hydrogens (tertiary/aromatic N) is 1. The minimum atomic E-state index is -1.20. The molecule has 0 radical (unpaired) electrons. The summed E-state index contributed by atoms with van der Waals surface area (Å²) in [6, 6.07) is 0. The number of hydrogen-bond donors (Lipinski definition) is 2. The lowest BCUT2D eigenvalue weighted by Crippen LogP contribution is -2.52. The lowest BCUT2D eigenvalue weighted by atomic mass is 9.83. The van der Waals surface area contributed by atoms with Crippen molar-refractivity contribution in [2.24, 2.45) is 5.92 Å². The van der Waals surface area contributed by atoms with Gasteiger partial charge >= 0.3 is 5.97 Å². The lowest BCUT2D eigenvalue weighted by molar-refractivity contribution is -0.183. The fourth-order valence-corrected chi connectivity index (χ4v) is 2.66. The first-order valence-electron chi connectivity index (χ1n) is 6.38. The van der Waals surface area contributed by atoms with Gasteiger partial charge in [-0.3, -0.25) is 4.79 Å². The summed E-state index contributed by atoms with van der Waals surface area (Å²) < 4.78 is 0. The largest absolute Gasteiger partial charge is 0.374 e. The summed E-state index contributed by atoms with van der Waals surface area (Å²) in [6.07, 6.45) is 3.95. The van der Waals surface area contributed by atoms with Gasteiger partial charge in [-0.05, 0) is 19.8 Å². The number of amides is 1. The average molecular weight is 256 g/mol. The van der Waals surface area contributed by atoms with Crippen LogP contribution in [0, 0.1) is 5.92 Å². The van der Waals surface area contributed by atoms with E-state index < -0.39 is 24.0 Å². The lowest BCUT2D eigenvalue weighted by Gasteiger charge is -2.35. The van der Waals surface area contributed by atoms with Crippen molar-refractivity contribution >= 4 is 11.9 Å². The number of nitrogens with one attached hydrogen (secondary N) is 1. The molecule has 2 atom stereocenters. The van der Waals surface area contributed by atoms with Gasteiger partial charge in [0.15, 0.2) is 12.1 Å². The molecule has 0 bridgehead atoms. The molecule has 2 aliphatic rings. The highest BCUT2D eigenvalue weighted by molar-refractivity contribution is 5.99. The van der Waals surface area contributed by atoms with Gasteiger partial charge in [-0.2, -0.15) is 0 Å². The molecular formula is C12H20N2O4. The van der Waals surface area contributed by atoms with E-state index in [0.717, 1.165) is 30.7 Å². The zero-order valence-electron chi connectivity index (χ0n) is 10.8. The molecule has 1 amide bonds. The first-order chi connectivity index (χ1) is 8.43. The summed E-state index contributed by atoms with van der Waals surface area (Å²) >= 11 is 0.